The monoisotopic (exact) mass is 480 g/mol. The summed E-state index contributed by atoms with van der Waals surface area (Å²) in [6.45, 7) is 0.434. The highest BCUT2D eigenvalue weighted by molar-refractivity contribution is 8.05. The molecule has 4 nitrogen and oxygen atoms in total. The van der Waals surface area contributed by atoms with Gasteiger partial charge in [0.1, 0.15) is 12.7 Å². The molecule has 0 radical (unpaired) electrons. The number of hydrogen-bond donors (Lipinski definition) is 0. The van der Waals surface area contributed by atoms with Crippen molar-refractivity contribution in [2.45, 2.75) is 10.9 Å². The lowest BCUT2D eigenvalue weighted by atomic mass is 10.1. The second kappa shape index (κ2) is 10.0. The summed E-state index contributed by atoms with van der Waals surface area (Å²) in [6, 6.07) is 30.4. The lowest BCUT2D eigenvalue weighted by Gasteiger charge is -2.13. The molecule has 1 aromatic heterocycles. The minimum Gasteiger partial charge on any atom is -0.493 e. The third-order valence-electron chi connectivity index (χ3n) is 5.33. The van der Waals surface area contributed by atoms with Gasteiger partial charge in [0.05, 0.1) is 22.2 Å². The summed E-state index contributed by atoms with van der Waals surface area (Å²) >= 11 is 2.95. The average molecular weight is 481 g/mol. The summed E-state index contributed by atoms with van der Waals surface area (Å²) < 4.78 is 13.6. The van der Waals surface area contributed by atoms with Crippen LogP contribution in [0.15, 0.2) is 94.2 Å². The number of para-hydroxylation sites is 1. The molecular weight excluding hydrogens is 460 g/mol. The number of allylic oxidation sites excluding steroid dienone is 1. The maximum absolute atomic E-state index is 9.68. The molecule has 0 N–H and O–H groups in total. The fraction of sp³-hybridized carbons (Fsp3) is 0.0714. The smallest absolute Gasteiger partial charge is 0.161 e. The maximum atomic E-state index is 9.68. The molecule has 5 aromatic rings. The summed E-state index contributed by atoms with van der Waals surface area (Å²) in [6.07, 6.45) is 1.84. The first kappa shape index (κ1) is 22.0. The molecule has 0 aliphatic heterocycles. The second-order valence-corrected chi connectivity index (χ2v) is 9.83. The summed E-state index contributed by atoms with van der Waals surface area (Å²) in [5.74, 6) is 1.28. The third kappa shape index (κ3) is 4.76. The van der Waals surface area contributed by atoms with Gasteiger partial charge < -0.3 is 9.47 Å². The van der Waals surface area contributed by atoms with Crippen LogP contribution >= 0.6 is 23.1 Å². The Morgan fingerprint density at radius 1 is 1.00 bits per heavy atom. The fourth-order valence-corrected chi connectivity index (χ4v) is 5.67. The molecular formula is C28H20N2O2S2. The number of hydrogen-bond acceptors (Lipinski definition) is 6. The van der Waals surface area contributed by atoms with Crippen molar-refractivity contribution in [1.82, 2.24) is 4.98 Å². The second-order valence-electron chi connectivity index (χ2n) is 7.51. The predicted molar refractivity (Wildman–Crippen MR) is 140 cm³/mol. The van der Waals surface area contributed by atoms with Gasteiger partial charge in [-0.2, -0.15) is 5.26 Å². The Bertz CT molecular complexity index is 1510. The van der Waals surface area contributed by atoms with Crippen molar-refractivity contribution in [3.8, 4) is 17.6 Å². The van der Waals surface area contributed by atoms with E-state index >= 15 is 0 Å². The third-order valence-corrected chi connectivity index (χ3v) is 7.36. The molecule has 6 heteroatoms. The van der Waals surface area contributed by atoms with Gasteiger partial charge in [0.2, 0.25) is 0 Å². The number of aromatic nitrogens is 1. The number of thioether (sulfide) groups is 1. The van der Waals surface area contributed by atoms with E-state index in [-0.39, 0.29) is 0 Å². The van der Waals surface area contributed by atoms with Crippen LogP contribution in [0.5, 0.6) is 11.5 Å². The summed E-state index contributed by atoms with van der Waals surface area (Å²) in [5.41, 5.74) is 2.92. The van der Waals surface area contributed by atoms with Crippen molar-refractivity contribution in [3.63, 3.8) is 0 Å². The minimum absolute atomic E-state index is 0.434. The Morgan fingerprint density at radius 3 is 2.68 bits per heavy atom. The lowest BCUT2D eigenvalue weighted by Crippen LogP contribution is -1.98. The van der Waals surface area contributed by atoms with Gasteiger partial charge in [-0.1, -0.05) is 60.7 Å². The number of fused-ring (bicyclic) bond motifs is 2. The molecule has 0 saturated carbocycles. The predicted octanol–water partition coefficient (Wildman–Crippen LogP) is 7.69. The molecule has 0 spiro atoms. The van der Waals surface area contributed by atoms with Crippen LogP contribution in [0.2, 0.25) is 0 Å². The highest BCUT2D eigenvalue weighted by Gasteiger charge is 2.10. The molecule has 0 bridgehead atoms. The molecule has 0 aliphatic carbocycles. The summed E-state index contributed by atoms with van der Waals surface area (Å²) in [7, 11) is 1.62. The van der Waals surface area contributed by atoms with Gasteiger partial charge in [0, 0.05) is 0 Å². The van der Waals surface area contributed by atoms with Crippen LogP contribution in [0.1, 0.15) is 11.1 Å². The van der Waals surface area contributed by atoms with Gasteiger partial charge in [-0.3, -0.25) is 0 Å². The Morgan fingerprint density at radius 2 is 1.82 bits per heavy atom. The van der Waals surface area contributed by atoms with Crippen molar-refractivity contribution in [1.29, 1.82) is 5.26 Å². The van der Waals surface area contributed by atoms with Gasteiger partial charge in [0.15, 0.2) is 15.8 Å². The number of nitriles is 1. The largest absolute Gasteiger partial charge is 0.493 e. The van der Waals surface area contributed by atoms with Crippen molar-refractivity contribution >= 4 is 50.2 Å². The van der Waals surface area contributed by atoms with Crippen molar-refractivity contribution in [2.75, 3.05) is 7.11 Å². The SMILES string of the molecule is COc1cc(C=C(C#N)Sc2nc3ccccc3s2)ccc1OCc1cccc2ccccc12. The van der Waals surface area contributed by atoms with Crippen molar-refractivity contribution < 1.29 is 9.47 Å². The zero-order valence-corrected chi connectivity index (χ0v) is 20.0. The zero-order chi connectivity index (χ0) is 23.3. The first-order chi connectivity index (χ1) is 16.7. The lowest BCUT2D eigenvalue weighted by molar-refractivity contribution is 0.285. The van der Waals surface area contributed by atoms with Crippen molar-refractivity contribution in [3.05, 3.63) is 101 Å². The van der Waals surface area contributed by atoms with Crippen molar-refractivity contribution in [2.24, 2.45) is 0 Å². The van der Waals surface area contributed by atoms with Gasteiger partial charge >= 0.3 is 0 Å². The van der Waals surface area contributed by atoms with Crippen LogP contribution < -0.4 is 9.47 Å². The zero-order valence-electron chi connectivity index (χ0n) is 18.4. The molecule has 166 valence electrons. The van der Waals surface area contributed by atoms with Crippen LogP contribution in [0, 0.1) is 11.3 Å². The quantitative estimate of drug-likeness (QED) is 0.176. The normalized spacial score (nSPS) is 11.5. The molecule has 1 heterocycles. The number of rotatable bonds is 7. The van der Waals surface area contributed by atoms with E-state index < -0.39 is 0 Å². The van der Waals surface area contributed by atoms with Crippen LogP contribution in [0.4, 0.5) is 0 Å². The Hall–Kier alpha value is -3.79. The molecule has 0 aliphatic rings. The highest BCUT2D eigenvalue weighted by Crippen LogP contribution is 2.36. The highest BCUT2D eigenvalue weighted by atomic mass is 32.2. The molecule has 0 saturated heterocycles. The summed E-state index contributed by atoms with van der Waals surface area (Å²) in [5, 5.41) is 12.0. The van der Waals surface area contributed by atoms with E-state index in [2.05, 4.69) is 35.3 Å². The number of thiazole rings is 1. The number of nitrogens with zero attached hydrogens (tertiary/aromatic N) is 2. The first-order valence-corrected chi connectivity index (χ1v) is 12.3. The van der Waals surface area contributed by atoms with Gasteiger partial charge in [-0.25, -0.2) is 4.98 Å². The van der Waals surface area contributed by atoms with E-state index in [1.165, 1.54) is 22.5 Å². The minimum atomic E-state index is 0.434. The summed E-state index contributed by atoms with van der Waals surface area (Å²) in [4.78, 5) is 5.17. The van der Waals surface area contributed by atoms with Crippen LogP contribution in [0.25, 0.3) is 27.1 Å². The van der Waals surface area contributed by atoms with Crippen LogP contribution in [-0.2, 0) is 6.61 Å². The molecule has 4 aromatic carbocycles. The Balaban J connectivity index is 1.35. The van der Waals surface area contributed by atoms with E-state index in [0.717, 1.165) is 25.7 Å². The molecule has 0 atom stereocenters. The molecule has 0 amide bonds. The number of methoxy groups -OCH3 is 1. The first-order valence-electron chi connectivity index (χ1n) is 10.7. The van der Waals surface area contributed by atoms with E-state index in [9.17, 15) is 5.26 Å². The van der Waals surface area contributed by atoms with E-state index in [1.807, 2.05) is 66.7 Å². The van der Waals surface area contributed by atoms with E-state index in [4.69, 9.17) is 9.47 Å². The molecule has 0 unspecified atom stereocenters. The standard InChI is InChI=1S/C28H20N2O2S2/c1-31-26-16-19(15-22(17-29)33-28-30-24-11-4-5-12-27(24)34-28)13-14-25(26)32-18-21-9-6-8-20-7-2-3-10-23(20)21/h2-16H,18H2,1H3. The average Bonchev–Trinajstić information content (AvgIpc) is 3.29. The van der Waals surface area contributed by atoms with E-state index in [0.29, 0.717) is 23.0 Å². The Kier molecular flexibility index (Phi) is 6.48. The van der Waals surface area contributed by atoms with Crippen LogP contribution in [0.3, 0.4) is 0 Å². The maximum Gasteiger partial charge on any atom is 0.161 e. The number of ether oxygens (including phenoxy) is 2. The van der Waals surface area contributed by atoms with Gasteiger partial charge in [-0.15, -0.1) is 11.3 Å². The molecule has 34 heavy (non-hydrogen) atoms. The van der Waals surface area contributed by atoms with E-state index in [1.54, 1.807) is 18.4 Å². The molecule has 0 fully saturated rings. The number of benzene rings is 4. The van der Waals surface area contributed by atoms with Gasteiger partial charge in [0.25, 0.3) is 0 Å². The topological polar surface area (TPSA) is 55.1 Å². The fourth-order valence-electron chi connectivity index (χ4n) is 3.69. The van der Waals surface area contributed by atoms with Gasteiger partial charge in [-0.05, 0) is 64.0 Å². The Labute approximate surface area is 206 Å². The molecule has 5 rings (SSSR count). The van der Waals surface area contributed by atoms with Crippen LogP contribution in [-0.4, -0.2) is 12.1 Å².